The SMILES string of the molecule is CCn1nc(C)c(CNc2ccc(CCSC)cc2)c1C. The van der Waals surface area contributed by atoms with Gasteiger partial charge in [-0.1, -0.05) is 12.1 Å². The Bertz CT molecular complexity index is 572. The number of hydrogen-bond donors (Lipinski definition) is 1. The van der Waals surface area contributed by atoms with E-state index in [9.17, 15) is 0 Å². The highest BCUT2D eigenvalue weighted by molar-refractivity contribution is 7.98. The summed E-state index contributed by atoms with van der Waals surface area (Å²) in [6.07, 6.45) is 3.29. The zero-order chi connectivity index (χ0) is 15.2. The molecule has 0 spiro atoms. The summed E-state index contributed by atoms with van der Waals surface area (Å²) in [5.74, 6) is 1.18. The molecule has 0 aliphatic heterocycles. The first kappa shape index (κ1) is 16.0. The van der Waals surface area contributed by atoms with Crippen LogP contribution in [0.4, 0.5) is 5.69 Å². The van der Waals surface area contributed by atoms with Gasteiger partial charge in [-0.25, -0.2) is 0 Å². The number of aryl methyl sites for hydroxylation is 3. The van der Waals surface area contributed by atoms with Crippen molar-refractivity contribution in [2.45, 2.75) is 40.3 Å². The number of benzene rings is 1. The number of hydrogen-bond acceptors (Lipinski definition) is 3. The van der Waals surface area contributed by atoms with Crippen LogP contribution in [0.15, 0.2) is 24.3 Å². The lowest BCUT2D eigenvalue weighted by Crippen LogP contribution is -2.03. The molecular formula is C17H25N3S. The normalized spacial score (nSPS) is 10.9. The van der Waals surface area contributed by atoms with Crippen LogP contribution >= 0.6 is 11.8 Å². The molecule has 114 valence electrons. The number of nitrogens with one attached hydrogen (secondary N) is 1. The first-order chi connectivity index (χ1) is 10.2. The van der Waals surface area contributed by atoms with E-state index in [1.807, 2.05) is 11.8 Å². The molecule has 0 radical (unpaired) electrons. The van der Waals surface area contributed by atoms with Crippen LogP contribution in [0.3, 0.4) is 0 Å². The van der Waals surface area contributed by atoms with Crippen molar-refractivity contribution in [3.63, 3.8) is 0 Å². The third kappa shape index (κ3) is 4.03. The summed E-state index contributed by atoms with van der Waals surface area (Å²) < 4.78 is 2.07. The second-order valence-electron chi connectivity index (χ2n) is 5.26. The number of aromatic nitrogens is 2. The Hall–Kier alpha value is -1.42. The molecule has 0 unspecified atom stereocenters. The molecule has 0 atom stereocenters. The lowest BCUT2D eigenvalue weighted by molar-refractivity contribution is 0.633. The van der Waals surface area contributed by atoms with Gasteiger partial charge >= 0.3 is 0 Å². The summed E-state index contributed by atoms with van der Waals surface area (Å²) in [7, 11) is 0. The minimum absolute atomic E-state index is 0.835. The summed E-state index contributed by atoms with van der Waals surface area (Å²) in [6, 6.07) is 8.77. The van der Waals surface area contributed by atoms with Crippen LogP contribution in [0.2, 0.25) is 0 Å². The van der Waals surface area contributed by atoms with Gasteiger partial charge in [0.25, 0.3) is 0 Å². The fraction of sp³-hybridized carbons (Fsp3) is 0.471. The van der Waals surface area contributed by atoms with Gasteiger partial charge < -0.3 is 5.32 Å². The molecule has 4 heteroatoms. The maximum absolute atomic E-state index is 4.56. The number of thioether (sulfide) groups is 1. The van der Waals surface area contributed by atoms with Crippen molar-refractivity contribution >= 4 is 17.4 Å². The molecule has 1 heterocycles. The van der Waals surface area contributed by atoms with Crippen LogP contribution < -0.4 is 5.32 Å². The van der Waals surface area contributed by atoms with E-state index in [-0.39, 0.29) is 0 Å². The van der Waals surface area contributed by atoms with Gasteiger partial charge in [-0.05, 0) is 56.9 Å². The molecule has 0 fully saturated rings. The van der Waals surface area contributed by atoms with Gasteiger partial charge in [0.05, 0.1) is 5.69 Å². The van der Waals surface area contributed by atoms with E-state index in [0.717, 1.165) is 25.2 Å². The van der Waals surface area contributed by atoms with E-state index in [2.05, 4.69) is 66.4 Å². The van der Waals surface area contributed by atoms with Gasteiger partial charge in [-0.15, -0.1) is 0 Å². The van der Waals surface area contributed by atoms with Crippen LogP contribution in [0.1, 0.15) is 29.4 Å². The lowest BCUT2D eigenvalue weighted by atomic mass is 10.1. The Kier molecular flexibility index (Phi) is 5.74. The maximum atomic E-state index is 4.56. The highest BCUT2D eigenvalue weighted by Gasteiger charge is 2.09. The zero-order valence-corrected chi connectivity index (χ0v) is 14.3. The van der Waals surface area contributed by atoms with Crippen molar-refractivity contribution < 1.29 is 0 Å². The first-order valence-corrected chi connectivity index (χ1v) is 8.89. The van der Waals surface area contributed by atoms with E-state index >= 15 is 0 Å². The van der Waals surface area contributed by atoms with E-state index in [1.165, 1.54) is 28.3 Å². The molecule has 1 aromatic heterocycles. The van der Waals surface area contributed by atoms with Crippen LogP contribution in [0.25, 0.3) is 0 Å². The Balaban J connectivity index is 1.98. The highest BCUT2D eigenvalue weighted by atomic mass is 32.2. The van der Waals surface area contributed by atoms with Crippen LogP contribution in [-0.2, 0) is 19.5 Å². The Labute approximate surface area is 132 Å². The van der Waals surface area contributed by atoms with Gasteiger partial charge in [-0.2, -0.15) is 16.9 Å². The molecule has 2 rings (SSSR count). The third-order valence-electron chi connectivity index (χ3n) is 3.85. The second kappa shape index (κ2) is 7.55. The summed E-state index contributed by atoms with van der Waals surface area (Å²) in [5, 5.41) is 8.07. The molecule has 0 saturated heterocycles. The third-order valence-corrected chi connectivity index (χ3v) is 4.46. The molecule has 0 bridgehead atoms. The predicted molar refractivity (Wildman–Crippen MR) is 93.2 cm³/mol. The van der Waals surface area contributed by atoms with Gasteiger partial charge in [0.1, 0.15) is 0 Å². The molecule has 3 nitrogen and oxygen atoms in total. The topological polar surface area (TPSA) is 29.9 Å². The molecule has 2 aromatic rings. The number of rotatable bonds is 7. The summed E-state index contributed by atoms with van der Waals surface area (Å²) in [5.41, 5.74) is 6.27. The van der Waals surface area contributed by atoms with Crippen molar-refractivity contribution in [2.24, 2.45) is 0 Å². The standard InChI is InChI=1S/C17H25N3S/c1-5-20-14(3)17(13(2)19-20)12-18-16-8-6-15(7-9-16)10-11-21-4/h6-9,18H,5,10-12H2,1-4H3. The molecule has 1 N–H and O–H groups in total. The van der Waals surface area contributed by atoms with Gasteiger partial charge in [0.2, 0.25) is 0 Å². The van der Waals surface area contributed by atoms with E-state index in [4.69, 9.17) is 0 Å². The van der Waals surface area contributed by atoms with Crippen molar-refractivity contribution in [1.82, 2.24) is 9.78 Å². The van der Waals surface area contributed by atoms with E-state index < -0.39 is 0 Å². The van der Waals surface area contributed by atoms with Crippen molar-refractivity contribution in [3.05, 3.63) is 46.8 Å². The fourth-order valence-corrected chi connectivity index (χ4v) is 2.94. The monoisotopic (exact) mass is 303 g/mol. The zero-order valence-electron chi connectivity index (χ0n) is 13.4. The maximum Gasteiger partial charge on any atom is 0.0646 e. The summed E-state index contributed by atoms with van der Waals surface area (Å²) >= 11 is 1.89. The lowest BCUT2D eigenvalue weighted by Gasteiger charge is -2.08. The van der Waals surface area contributed by atoms with Gasteiger partial charge in [0.15, 0.2) is 0 Å². The molecule has 1 aromatic carbocycles. The first-order valence-electron chi connectivity index (χ1n) is 7.50. The van der Waals surface area contributed by atoms with Crippen molar-refractivity contribution in [1.29, 1.82) is 0 Å². The summed E-state index contributed by atoms with van der Waals surface area (Å²) in [6.45, 7) is 8.12. The molecule has 0 aliphatic carbocycles. The molecular weight excluding hydrogens is 278 g/mol. The van der Waals surface area contributed by atoms with Crippen molar-refractivity contribution in [3.8, 4) is 0 Å². The van der Waals surface area contributed by atoms with Crippen LogP contribution in [0.5, 0.6) is 0 Å². The van der Waals surface area contributed by atoms with Crippen molar-refractivity contribution in [2.75, 3.05) is 17.3 Å². The average Bonchev–Trinajstić information content (AvgIpc) is 2.78. The molecule has 0 saturated carbocycles. The largest absolute Gasteiger partial charge is 0.381 e. The quantitative estimate of drug-likeness (QED) is 0.837. The second-order valence-corrected chi connectivity index (χ2v) is 6.24. The predicted octanol–water partition coefficient (Wildman–Crippen LogP) is 4.04. The Morgan fingerprint density at radius 3 is 2.48 bits per heavy atom. The average molecular weight is 303 g/mol. The fourth-order valence-electron chi connectivity index (χ4n) is 2.50. The van der Waals surface area contributed by atoms with Gasteiger partial charge in [0, 0.05) is 30.0 Å². The van der Waals surface area contributed by atoms with E-state index in [0.29, 0.717) is 0 Å². The smallest absolute Gasteiger partial charge is 0.0646 e. The minimum Gasteiger partial charge on any atom is -0.381 e. The molecule has 0 amide bonds. The van der Waals surface area contributed by atoms with Crippen LogP contribution in [0, 0.1) is 13.8 Å². The molecule has 0 aliphatic rings. The summed E-state index contributed by atoms with van der Waals surface area (Å²) in [4.78, 5) is 0. The van der Waals surface area contributed by atoms with E-state index in [1.54, 1.807) is 0 Å². The Morgan fingerprint density at radius 2 is 1.90 bits per heavy atom. The number of nitrogens with zero attached hydrogens (tertiary/aromatic N) is 2. The molecule has 21 heavy (non-hydrogen) atoms. The number of anilines is 1. The highest BCUT2D eigenvalue weighted by Crippen LogP contribution is 2.17. The van der Waals surface area contributed by atoms with Crippen LogP contribution in [-0.4, -0.2) is 21.8 Å². The van der Waals surface area contributed by atoms with Gasteiger partial charge in [-0.3, -0.25) is 4.68 Å². The Morgan fingerprint density at radius 1 is 1.19 bits per heavy atom. The minimum atomic E-state index is 0.835.